The van der Waals surface area contributed by atoms with Crippen LogP contribution in [-0.4, -0.2) is 43.8 Å². The molecule has 1 amide bonds. The van der Waals surface area contributed by atoms with Crippen LogP contribution in [0.3, 0.4) is 0 Å². The van der Waals surface area contributed by atoms with Gasteiger partial charge in [-0.25, -0.2) is 9.67 Å². The number of likely N-dealkylation sites (tertiary alicyclic amines) is 1. The van der Waals surface area contributed by atoms with Gasteiger partial charge in [-0.15, -0.1) is 0 Å². The van der Waals surface area contributed by atoms with Crippen molar-refractivity contribution in [2.75, 3.05) is 13.1 Å². The van der Waals surface area contributed by atoms with Crippen LogP contribution in [0.2, 0.25) is 0 Å². The minimum Gasteiger partial charge on any atom is -0.467 e. The van der Waals surface area contributed by atoms with Crippen molar-refractivity contribution in [1.82, 2.24) is 19.7 Å². The minimum atomic E-state index is -0.518. The molecule has 4 heterocycles. The fraction of sp³-hybridized carbons (Fsp3) is 0.233. The minimum absolute atomic E-state index is 0.0326. The van der Waals surface area contributed by atoms with E-state index in [0.717, 1.165) is 40.8 Å². The van der Waals surface area contributed by atoms with Crippen molar-refractivity contribution in [3.8, 4) is 11.3 Å². The summed E-state index contributed by atoms with van der Waals surface area (Å²) in [4.78, 5) is 20.6. The average molecular weight is 493 g/mol. The Bertz CT molecular complexity index is 1490. The number of aliphatic hydroxyl groups excluding tert-OH is 1. The van der Waals surface area contributed by atoms with Gasteiger partial charge >= 0.3 is 0 Å². The summed E-state index contributed by atoms with van der Waals surface area (Å²) in [7, 11) is 0. The Labute approximate surface area is 215 Å². The normalized spacial score (nSPS) is 15.2. The summed E-state index contributed by atoms with van der Waals surface area (Å²) in [5, 5.41) is 16.1. The Kier molecular flexibility index (Phi) is 6.28. The zero-order valence-electron chi connectivity index (χ0n) is 20.4. The zero-order valence-corrected chi connectivity index (χ0v) is 20.4. The highest BCUT2D eigenvalue weighted by Gasteiger charge is 2.30. The lowest BCUT2D eigenvalue weighted by molar-refractivity contribution is 0.0463. The van der Waals surface area contributed by atoms with Gasteiger partial charge in [0.15, 0.2) is 5.65 Å². The van der Waals surface area contributed by atoms with E-state index in [9.17, 15) is 9.90 Å². The highest BCUT2D eigenvalue weighted by molar-refractivity contribution is 6.06. The fourth-order valence-corrected chi connectivity index (χ4v) is 5.16. The number of carbonyl (C=O) groups excluding carboxylic acids is 1. The molecule has 0 radical (unpaired) electrons. The van der Waals surface area contributed by atoms with Crippen LogP contribution >= 0.6 is 0 Å². The molecule has 7 heteroatoms. The van der Waals surface area contributed by atoms with Gasteiger partial charge in [0.25, 0.3) is 5.91 Å². The number of furan rings is 1. The molecule has 1 atom stereocenters. The number of carbonyl (C=O) groups is 1. The molecule has 186 valence electrons. The average Bonchev–Trinajstić information content (AvgIpc) is 3.63. The van der Waals surface area contributed by atoms with E-state index in [1.165, 1.54) is 0 Å². The smallest absolute Gasteiger partial charge is 0.254 e. The Morgan fingerprint density at radius 2 is 1.73 bits per heavy atom. The van der Waals surface area contributed by atoms with E-state index in [1.807, 2.05) is 83.8 Å². The first-order valence-electron chi connectivity index (χ1n) is 12.6. The van der Waals surface area contributed by atoms with Gasteiger partial charge in [-0.2, -0.15) is 5.10 Å². The molecular formula is C30H28N4O3. The third-order valence-corrected chi connectivity index (χ3v) is 7.21. The molecule has 37 heavy (non-hydrogen) atoms. The van der Waals surface area contributed by atoms with E-state index >= 15 is 0 Å². The maximum atomic E-state index is 13.9. The van der Waals surface area contributed by atoms with Crippen LogP contribution in [0.15, 0.2) is 95.7 Å². The number of rotatable bonds is 6. The number of fused-ring (bicyclic) bond motifs is 1. The molecule has 2 aromatic carbocycles. The summed E-state index contributed by atoms with van der Waals surface area (Å²) in [6.45, 7) is 1.62. The number of hydrogen-bond acceptors (Lipinski definition) is 5. The number of aliphatic hydroxyl groups is 1. The largest absolute Gasteiger partial charge is 0.467 e. The molecule has 0 saturated carbocycles. The van der Waals surface area contributed by atoms with E-state index in [1.54, 1.807) is 17.1 Å². The molecule has 1 aliphatic heterocycles. The van der Waals surface area contributed by atoms with Crippen molar-refractivity contribution in [2.45, 2.75) is 25.5 Å². The molecule has 1 saturated heterocycles. The number of hydrogen-bond donors (Lipinski definition) is 1. The van der Waals surface area contributed by atoms with Crippen LogP contribution in [0.25, 0.3) is 22.3 Å². The molecule has 1 aliphatic rings. The first kappa shape index (κ1) is 23.2. The number of amides is 1. The van der Waals surface area contributed by atoms with Crippen molar-refractivity contribution >= 4 is 16.9 Å². The van der Waals surface area contributed by atoms with Crippen molar-refractivity contribution < 1.29 is 14.3 Å². The van der Waals surface area contributed by atoms with Crippen LogP contribution in [-0.2, 0) is 6.54 Å². The van der Waals surface area contributed by atoms with Gasteiger partial charge in [0, 0.05) is 18.7 Å². The quantitative estimate of drug-likeness (QED) is 0.347. The first-order chi connectivity index (χ1) is 18.2. The highest BCUT2D eigenvalue weighted by Crippen LogP contribution is 2.32. The Balaban J connectivity index is 1.30. The van der Waals surface area contributed by atoms with E-state index in [0.29, 0.717) is 30.8 Å². The predicted octanol–water partition coefficient (Wildman–Crippen LogP) is 5.33. The lowest BCUT2D eigenvalue weighted by Crippen LogP contribution is -2.39. The Morgan fingerprint density at radius 3 is 2.43 bits per heavy atom. The summed E-state index contributed by atoms with van der Waals surface area (Å²) in [6, 6.07) is 25.3. The number of pyridine rings is 1. The number of nitrogens with zero attached hydrogens (tertiary/aromatic N) is 4. The number of benzene rings is 2. The number of aromatic nitrogens is 3. The lowest BCUT2D eigenvalue weighted by atomic mass is 9.87. The van der Waals surface area contributed by atoms with E-state index in [4.69, 9.17) is 9.40 Å². The summed E-state index contributed by atoms with van der Waals surface area (Å²) >= 11 is 0. The van der Waals surface area contributed by atoms with Crippen LogP contribution in [0.5, 0.6) is 0 Å². The van der Waals surface area contributed by atoms with Gasteiger partial charge < -0.3 is 14.4 Å². The monoisotopic (exact) mass is 492 g/mol. The second-order valence-electron chi connectivity index (χ2n) is 9.53. The van der Waals surface area contributed by atoms with Crippen molar-refractivity contribution in [3.05, 3.63) is 108 Å². The molecular weight excluding hydrogens is 464 g/mol. The lowest BCUT2D eigenvalue weighted by Gasteiger charge is -2.34. The van der Waals surface area contributed by atoms with Gasteiger partial charge in [-0.05, 0) is 42.5 Å². The van der Waals surface area contributed by atoms with Gasteiger partial charge in [-0.1, -0.05) is 60.7 Å². The van der Waals surface area contributed by atoms with Crippen LogP contribution in [0, 0.1) is 5.92 Å². The zero-order chi connectivity index (χ0) is 25.2. The molecule has 3 aromatic heterocycles. The summed E-state index contributed by atoms with van der Waals surface area (Å²) in [5.74, 6) is 0.860. The summed E-state index contributed by atoms with van der Waals surface area (Å²) in [5.41, 5.74) is 3.84. The molecule has 7 nitrogen and oxygen atoms in total. The maximum absolute atomic E-state index is 13.9. The molecule has 0 bridgehead atoms. The van der Waals surface area contributed by atoms with Gasteiger partial charge in [0.05, 0.1) is 35.2 Å². The second kappa shape index (κ2) is 10.0. The molecule has 6 rings (SSSR count). The van der Waals surface area contributed by atoms with Crippen molar-refractivity contribution in [2.24, 2.45) is 5.92 Å². The maximum Gasteiger partial charge on any atom is 0.254 e. The van der Waals surface area contributed by atoms with Crippen LogP contribution in [0.1, 0.15) is 40.6 Å². The van der Waals surface area contributed by atoms with Gasteiger partial charge in [0.1, 0.15) is 12.3 Å². The number of piperidine rings is 1. The standard InChI is InChI=1S/C30H28N4O3/c35-28(22-10-5-2-6-11-22)23-13-15-33(16-14-23)30(36)25-18-27(21-8-3-1-4-9-21)32-29-26(25)19-31-34(29)20-24-12-7-17-37-24/h1-12,17-19,23,28,35H,13-16,20H2. The molecule has 1 unspecified atom stereocenters. The molecule has 0 spiro atoms. The second-order valence-corrected chi connectivity index (χ2v) is 9.53. The van der Waals surface area contributed by atoms with Crippen molar-refractivity contribution in [3.63, 3.8) is 0 Å². The predicted molar refractivity (Wildman–Crippen MR) is 141 cm³/mol. The molecule has 1 N–H and O–H groups in total. The molecule has 0 aliphatic carbocycles. The van der Waals surface area contributed by atoms with Crippen LogP contribution in [0.4, 0.5) is 0 Å². The van der Waals surface area contributed by atoms with E-state index < -0.39 is 6.10 Å². The van der Waals surface area contributed by atoms with Gasteiger partial charge in [0.2, 0.25) is 0 Å². The highest BCUT2D eigenvalue weighted by atomic mass is 16.3. The van der Waals surface area contributed by atoms with Gasteiger partial charge in [-0.3, -0.25) is 4.79 Å². The topological polar surface area (TPSA) is 84.4 Å². The van der Waals surface area contributed by atoms with E-state index in [2.05, 4.69) is 5.10 Å². The third kappa shape index (κ3) is 4.66. The first-order valence-corrected chi connectivity index (χ1v) is 12.6. The Morgan fingerprint density at radius 1 is 1.00 bits per heavy atom. The third-order valence-electron chi connectivity index (χ3n) is 7.21. The van der Waals surface area contributed by atoms with Crippen LogP contribution < -0.4 is 0 Å². The van der Waals surface area contributed by atoms with Crippen molar-refractivity contribution in [1.29, 1.82) is 0 Å². The Hall–Kier alpha value is -4.23. The van der Waals surface area contributed by atoms with E-state index in [-0.39, 0.29) is 11.8 Å². The summed E-state index contributed by atoms with van der Waals surface area (Å²) < 4.78 is 7.30. The summed E-state index contributed by atoms with van der Waals surface area (Å²) in [6.07, 6.45) is 4.34. The fourth-order valence-electron chi connectivity index (χ4n) is 5.16. The SMILES string of the molecule is O=C(c1cc(-c2ccccc2)nc2c1cnn2Cc1ccco1)N1CCC(C(O)c2ccccc2)CC1. The molecule has 5 aromatic rings. The molecule has 1 fully saturated rings.